The second kappa shape index (κ2) is 5.61. The molecule has 22 heavy (non-hydrogen) atoms. The van der Waals surface area contributed by atoms with Crippen LogP contribution in [0.1, 0.15) is 22.3 Å². The lowest BCUT2D eigenvalue weighted by atomic mass is 9.88. The van der Waals surface area contributed by atoms with Gasteiger partial charge in [0.1, 0.15) is 6.29 Å². The quantitative estimate of drug-likeness (QED) is 0.417. The van der Waals surface area contributed by atoms with Crippen molar-refractivity contribution >= 4 is 11.9 Å². The molecule has 4 heteroatoms. The molecule has 3 aliphatic rings. The van der Waals surface area contributed by atoms with E-state index < -0.39 is 0 Å². The SMILES string of the molecule is C=C(C=O)c1c(CC2CO2)cc(CC2CO2)cc1CC1CO1. The van der Waals surface area contributed by atoms with Crippen LogP contribution in [0.15, 0.2) is 18.7 Å². The number of ether oxygens (including phenoxy) is 3. The highest BCUT2D eigenvalue weighted by molar-refractivity contribution is 6.07. The van der Waals surface area contributed by atoms with E-state index in [4.69, 9.17) is 14.2 Å². The van der Waals surface area contributed by atoms with Gasteiger partial charge in [0.05, 0.1) is 38.1 Å². The molecule has 3 unspecified atom stereocenters. The summed E-state index contributed by atoms with van der Waals surface area (Å²) in [4.78, 5) is 11.3. The van der Waals surface area contributed by atoms with Crippen LogP contribution in [0, 0.1) is 0 Å². The van der Waals surface area contributed by atoms with E-state index in [2.05, 4.69) is 18.7 Å². The van der Waals surface area contributed by atoms with Gasteiger partial charge in [-0.15, -0.1) is 0 Å². The predicted octanol–water partition coefficient (Wildman–Crippen LogP) is 1.72. The third-order valence-corrected chi connectivity index (χ3v) is 4.39. The maximum absolute atomic E-state index is 11.3. The number of aldehydes is 1. The molecule has 3 aliphatic heterocycles. The molecule has 116 valence electrons. The van der Waals surface area contributed by atoms with Gasteiger partial charge < -0.3 is 14.2 Å². The van der Waals surface area contributed by atoms with Gasteiger partial charge in [-0.05, 0) is 22.3 Å². The molecular weight excluding hydrogens is 280 g/mol. The summed E-state index contributed by atoms with van der Waals surface area (Å²) in [5.74, 6) is 0. The van der Waals surface area contributed by atoms with Gasteiger partial charge in [-0.25, -0.2) is 0 Å². The maximum Gasteiger partial charge on any atom is 0.150 e. The fourth-order valence-corrected chi connectivity index (χ4v) is 3.06. The van der Waals surface area contributed by atoms with Crippen molar-refractivity contribution in [3.8, 4) is 0 Å². The molecule has 3 saturated heterocycles. The highest BCUT2D eigenvalue weighted by Crippen LogP contribution is 2.31. The molecule has 1 aromatic carbocycles. The minimum atomic E-state index is 0.288. The standard InChI is InChI=1S/C18H20O4/c1-11(7-19)18-13(5-16-9-21-16)2-12(4-15-8-20-15)3-14(18)6-17-10-22-17/h2-3,7,15-17H,1,4-6,8-10H2. The Morgan fingerprint density at radius 1 is 1.00 bits per heavy atom. The Kier molecular flexibility index (Phi) is 3.60. The Hall–Kier alpha value is -1.49. The predicted molar refractivity (Wildman–Crippen MR) is 81.9 cm³/mol. The second-order valence-electron chi connectivity index (χ2n) is 6.41. The van der Waals surface area contributed by atoms with E-state index in [9.17, 15) is 4.79 Å². The average molecular weight is 300 g/mol. The number of hydrogen-bond acceptors (Lipinski definition) is 4. The van der Waals surface area contributed by atoms with Crippen LogP contribution in [0.5, 0.6) is 0 Å². The molecule has 0 aliphatic carbocycles. The lowest BCUT2D eigenvalue weighted by Crippen LogP contribution is -2.08. The van der Waals surface area contributed by atoms with Crippen LogP contribution in [0.2, 0.25) is 0 Å². The summed E-state index contributed by atoms with van der Waals surface area (Å²) in [5, 5.41) is 0. The van der Waals surface area contributed by atoms with Crippen molar-refractivity contribution < 1.29 is 19.0 Å². The van der Waals surface area contributed by atoms with Crippen LogP contribution >= 0.6 is 0 Å². The molecule has 0 saturated carbocycles. The van der Waals surface area contributed by atoms with Crippen molar-refractivity contribution in [1.29, 1.82) is 0 Å². The number of benzene rings is 1. The normalized spacial score (nSPS) is 28.3. The first-order valence-electron chi connectivity index (χ1n) is 7.87. The zero-order valence-electron chi connectivity index (χ0n) is 12.5. The number of rotatable bonds is 8. The molecule has 0 bridgehead atoms. The zero-order chi connectivity index (χ0) is 15.1. The first kappa shape index (κ1) is 14.1. The summed E-state index contributed by atoms with van der Waals surface area (Å²) in [5.41, 5.74) is 5.18. The van der Waals surface area contributed by atoms with Crippen LogP contribution in [0.25, 0.3) is 5.57 Å². The number of carbonyl (C=O) groups is 1. The van der Waals surface area contributed by atoms with Gasteiger partial charge in [0.25, 0.3) is 0 Å². The minimum absolute atomic E-state index is 0.288. The Morgan fingerprint density at radius 3 is 1.86 bits per heavy atom. The minimum Gasteiger partial charge on any atom is -0.373 e. The summed E-state index contributed by atoms with van der Waals surface area (Å²) >= 11 is 0. The van der Waals surface area contributed by atoms with Gasteiger partial charge in [-0.2, -0.15) is 0 Å². The topological polar surface area (TPSA) is 54.7 Å². The Bertz CT molecular complexity index is 575. The van der Waals surface area contributed by atoms with Gasteiger partial charge >= 0.3 is 0 Å². The summed E-state index contributed by atoms with van der Waals surface area (Å²) < 4.78 is 16.1. The molecular formula is C18H20O4. The average Bonchev–Trinajstić information content (AvgIpc) is 3.32. The highest BCUT2D eigenvalue weighted by atomic mass is 16.6. The molecule has 3 atom stereocenters. The molecule has 0 radical (unpaired) electrons. The van der Waals surface area contributed by atoms with Crippen molar-refractivity contribution in [2.24, 2.45) is 0 Å². The van der Waals surface area contributed by atoms with Gasteiger partial charge in [-0.3, -0.25) is 4.79 Å². The van der Waals surface area contributed by atoms with E-state index in [-0.39, 0.29) is 12.2 Å². The van der Waals surface area contributed by atoms with Gasteiger partial charge in [0, 0.05) is 24.8 Å². The van der Waals surface area contributed by atoms with E-state index in [0.29, 0.717) is 11.7 Å². The number of hydrogen-bond donors (Lipinski definition) is 0. The molecule has 4 rings (SSSR count). The van der Waals surface area contributed by atoms with Crippen molar-refractivity contribution in [3.63, 3.8) is 0 Å². The number of carbonyl (C=O) groups excluding carboxylic acids is 1. The summed E-state index contributed by atoms with van der Waals surface area (Å²) in [6.45, 7) is 6.42. The second-order valence-corrected chi connectivity index (χ2v) is 6.41. The molecule has 0 N–H and O–H groups in total. The van der Waals surface area contributed by atoms with E-state index in [1.54, 1.807) is 0 Å². The summed E-state index contributed by atoms with van der Waals surface area (Å²) in [6, 6.07) is 4.40. The molecule has 0 amide bonds. The van der Waals surface area contributed by atoms with Gasteiger partial charge in [-0.1, -0.05) is 18.7 Å². The highest BCUT2D eigenvalue weighted by Gasteiger charge is 2.30. The molecule has 0 spiro atoms. The van der Waals surface area contributed by atoms with Gasteiger partial charge in [0.15, 0.2) is 0 Å². The van der Waals surface area contributed by atoms with Crippen molar-refractivity contribution in [2.75, 3.05) is 19.8 Å². The smallest absolute Gasteiger partial charge is 0.150 e. The monoisotopic (exact) mass is 300 g/mol. The maximum atomic E-state index is 11.3. The molecule has 0 aromatic heterocycles. The summed E-state index contributed by atoms with van der Waals surface area (Å²) in [6.07, 6.45) is 4.42. The third-order valence-electron chi connectivity index (χ3n) is 4.39. The molecule has 3 heterocycles. The van der Waals surface area contributed by atoms with Crippen LogP contribution in [-0.4, -0.2) is 44.4 Å². The molecule has 3 fully saturated rings. The Balaban J connectivity index is 1.71. The zero-order valence-corrected chi connectivity index (χ0v) is 12.5. The number of epoxide rings is 3. The van der Waals surface area contributed by atoms with Crippen LogP contribution in [0.4, 0.5) is 0 Å². The summed E-state index contributed by atoms with van der Waals surface area (Å²) in [7, 11) is 0. The fourth-order valence-electron chi connectivity index (χ4n) is 3.06. The number of allylic oxidation sites excluding steroid dienone is 1. The van der Waals surface area contributed by atoms with Crippen molar-refractivity contribution in [3.05, 3.63) is 41.0 Å². The largest absolute Gasteiger partial charge is 0.373 e. The van der Waals surface area contributed by atoms with Crippen molar-refractivity contribution in [1.82, 2.24) is 0 Å². The van der Waals surface area contributed by atoms with Gasteiger partial charge in [0.2, 0.25) is 0 Å². The Labute approximate surface area is 130 Å². The molecule has 1 aromatic rings. The van der Waals surface area contributed by atoms with Crippen LogP contribution < -0.4 is 0 Å². The van der Waals surface area contributed by atoms with E-state index >= 15 is 0 Å². The van der Waals surface area contributed by atoms with E-state index in [1.807, 2.05) is 0 Å². The third kappa shape index (κ3) is 3.29. The lowest BCUT2D eigenvalue weighted by molar-refractivity contribution is -0.103. The first-order valence-corrected chi connectivity index (χ1v) is 7.87. The van der Waals surface area contributed by atoms with E-state index in [1.165, 1.54) is 16.7 Å². The molecule has 4 nitrogen and oxygen atoms in total. The fraction of sp³-hybridized carbons (Fsp3) is 0.500. The van der Waals surface area contributed by atoms with Crippen LogP contribution in [-0.2, 0) is 38.3 Å². The Morgan fingerprint density at radius 2 is 1.45 bits per heavy atom. The van der Waals surface area contributed by atoms with Crippen LogP contribution in [0.3, 0.4) is 0 Å². The first-order chi connectivity index (χ1) is 10.7. The lowest BCUT2D eigenvalue weighted by Gasteiger charge is -2.16. The van der Waals surface area contributed by atoms with E-state index in [0.717, 1.165) is 50.9 Å². The van der Waals surface area contributed by atoms with Crippen molar-refractivity contribution in [2.45, 2.75) is 37.6 Å².